The number of imidazole rings is 1. The molecule has 0 saturated carbocycles. The van der Waals surface area contributed by atoms with Crippen LogP contribution >= 0.6 is 11.6 Å². The molecule has 0 amide bonds. The summed E-state index contributed by atoms with van der Waals surface area (Å²) < 4.78 is 15.8. The summed E-state index contributed by atoms with van der Waals surface area (Å²) in [7, 11) is 0. The number of aryl methyl sites for hydroxylation is 1. The summed E-state index contributed by atoms with van der Waals surface area (Å²) >= 11 is 6.00. The molecular formula is C15H20ClFN2. The van der Waals surface area contributed by atoms with Crippen LogP contribution in [0.25, 0.3) is 11.0 Å². The lowest BCUT2D eigenvalue weighted by atomic mass is 10.0. The van der Waals surface area contributed by atoms with Gasteiger partial charge in [0.2, 0.25) is 0 Å². The smallest absolute Gasteiger partial charge is 0.128 e. The quantitative estimate of drug-likeness (QED) is 0.735. The number of fused-ring (bicyclic) bond motifs is 1. The average molecular weight is 283 g/mol. The van der Waals surface area contributed by atoms with Crippen LogP contribution in [0.1, 0.15) is 44.6 Å². The maximum absolute atomic E-state index is 13.6. The van der Waals surface area contributed by atoms with Crippen molar-refractivity contribution in [2.24, 2.45) is 5.92 Å². The first-order chi connectivity index (χ1) is 8.99. The Morgan fingerprint density at radius 2 is 2.05 bits per heavy atom. The Balaban J connectivity index is 2.66. The van der Waals surface area contributed by atoms with Gasteiger partial charge in [-0.25, -0.2) is 9.37 Å². The monoisotopic (exact) mass is 282 g/mol. The van der Waals surface area contributed by atoms with Crippen molar-refractivity contribution < 1.29 is 4.39 Å². The van der Waals surface area contributed by atoms with Crippen molar-refractivity contribution in [2.75, 3.05) is 0 Å². The molecule has 1 aromatic heterocycles. The topological polar surface area (TPSA) is 17.8 Å². The molecule has 0 aliphatic rings. The standard InChI is InChI=1S/C15H20ClFN2/c1-5-9(2)11(4)19-14-6-10(3)12(17)7-13(14)18-15(19)8-16/h6-7,9,11H,5,8H2,1-4H3. The Morgan fingerprint density at radius 1 is 1.37 bits per heavy atom. The van der Waals surface area contributed by atoms with Gasteiger partial charge < -0.3 is 4.57 Å². The summed E-state index contributed by atoms with van der Waals surface area (Å²) in [5.41, 5.74) is 2.31. The van der Waals surface area contributed by atoms with Crippen LogP contribution in [0.5, 0.6) is 0 Å². The van der Waals surface area contributed by atoms with E-state index in [4.69, 9.17) is 11.6 Å². The highest BCUT2D eigenvalue weighted by Gasteiger charge is 2.20. The third-order valence-corrected chi connectivity index (χ3v) is 4.28. The second-order valence-corrected chi connectivity index (χ2v) is 5.52. The van der Waals surface area contributed by atoms with Crippen molar-refractivity contribution in [3.8, 4) is 0 Å². The number of halogens is 2. The Labute approximate surface area is 118 Å². The molecule has 0 saturated heterocycles. The van der Waals surface area contributed by atoms with E-state index in [2.05, 4.69) is 30.3 Å². The molecule has 2 rings (SSSR count). The van der Waals surface area contributed by atoms with Gasteiger partial charge >= 0.3 is 0 Å². The summed E-state index contributed by atoms with van der Waals surface area (Å²) in [6.45, 7) is 8.33. The van der Waals surface area contributed by atoms with Crippen LogP contribution in [0.15, 0.2) is 12.1 Å². The molecule has 2 unspecified atom stereocenters. The van der Waals surface area contributed by atoms with Gasteiger partial charge in [-0.05, 0) is 31.4 Å². The Hall–Kier alpha value is -1.09. The lowest BCUT2D eigenvalue weighted by Crippen LogP contribution is -2.15. The highest BCUT2D eigenvalue weighted by Crippen LogP contribution is 2.29. The number of rotatable bonds is 4. The summed E-state index contributed by atoms with van der Waals surface area (Å²) in [5, 5.41) is 0. The number of nitrogens with zero attached hydrogens (tertiary/aromatic N) is 2. The van der Waals surface area contributed by atoms with Gasteiger partial charge in [0.05, 0.1) is 16.9 Å². The van der Waals surface area contributed by atoms with E-state index in [0.29, 0.717) is 28.9 Å². The van der Waals surface area contributed by atoms with Crippen LogP contribution in [-0.4, -0.2) is 9.55 Å². The van der Waals surface area contributed by atoms with Gasteiger partial charge in [0.15, 0.2) is 0 Å². The highest BCUT2D eigenvalue weighted by atomic mass is 35.5. The van der Waals surface area contributed by atoms with Crippen molar-refractivity contribution in [2.45, 2.75) is 46.0 Å². The first kappa shape index (κ1) is 14.3. The molecule has 1 heterocycles. The average Bonchev–Trinajstić information content (AvgIpc) is 2.75. The molecule has 0 spiro atoms. The molecule has 1 aromatic carbocycles. The van der Waals surface area contributed by atoms with Crippen molar-refractivity contribution in [1.29, 1.82) is 0 Å². The van der Waals surface area contributed by atoms with Crippen LogP contribution < -0.4 is 0 Å². The van der Waals surface area contributed by atoms with Crippen LogP contribution in [0.4, 0.5) is 4.39 Å². The summed E-state index contributed by atoms with van der Waals surface area (Å²) in [6, 6.07) is 3.67. The van der Waals surface area contributed by atoms with Gasteiger partial charge in [0.25, 0.3) is 0 Å². The van der Waals surface area contributed by atoms with Gasteiger partial charge in [-0.1, -0.05) is 20.3 Å². The van der Waals surface area contributed by atoms with Gasteiger partial charge in [-0.2, -0.15) is 0 Å². The molecule has 0 fully saturated rings. The minimum atomic E-state index is -0.213. The summed E-state index contributed by atoms with van der Waals surface area (Å²) in [5.74, 6) is 1.46. The van der Waals surface area contributed by atoms with Gasteiger partial charge in [-0.3, -0.25) is 0 Å². The summed E-state index contributed by atoms with van der Waals surface area (Å²) in [4.78, 5) is 4.46. The third kappa shape index (κ3) is 2.48. The molecule has 0 N–H and O–H groups in total. The molecule has 0 bridgehead atoms. The van der Waals surface area contributed by atoms with E-state index in [-0.39, 0.29) is 5.82 Å². The van der Waals surface area contributed by atoms with Gasteiger partial charge in [0, 0.05) is 12.1 Å². The Kier molecular flexibility index (Phi) is 4.14. The van der Waals surface area contributed by atoms with Gasteiger partial charge in [0.1, 0.15) is 11.6 Å². The van der Waals surface area contributed by atoms with E-state index in [1.807, 2.05) is 6.07 Å². The molecule has 0 aliphatic carbocycles. The van der Waals surface area contributed by atoms with Crippen LogP contribution in [0.3, 0.4) is 0 Å². The zero-order valence-electron chi connectivity index (χ0n) is 11.9. The molecule has 4 heteroatoms. The molecule has 19 heavy (non-hydrogen) atoms. The fourth-order valence-corrected chi connectivity index (χ4v) is 2.60. The van der Waals surface area contributed by atoms with E-state index >= 15 is 0 Å². The number of hydrogen-bond donors (Lipinski definition) is 0. The zero-order chi connectivity index (χ0) is 14.2. The van der Waals surface area contributed by atoms with Gasteiger partial charge in [-0.15, -0.1) is 11.6 Å². The summed E-state index contributed by atoms with van der Waals surface area (Å²) in [6.07, 6.45) is 1.09. The normalized spacial score (nSPS) is 14.8. The van der Waals surface area contributed by atoms with E-state index in [0.717, 1.165) is 17.8 Å². The van der Waals surface area contributed by atoms with E-state index in [9.17, 15) is 4.39 Å². The highest BCUT2D eigenvalue weighted by molar-refractivity contribution is 6.16. The number of alkyl halides is 1. The fraction of sp³-hybridized carbons (Fsp3) is 0.533. The van der Waals surface area contributed by atoms with Crippen LogP contribution in [-0.2, 0) is 5.88 Å². The van der Waals surface area contributed by atoms with Crippen LogP contribution in [0, 0.1) is 18.7 Å². The zero-order valence-corrected chi connectivity index (χ0v) is 12.6. The largest absolute Gasteiger partial charge is 0.324 e. The molecule has 2 aromatic rings. The molecule has 2 atom stereocenters. The lowest BCUT2D eigenvalue weighted by molar-refractivity contribution is 0.371. The number of aromatic nitrogens is 2. The fourth-order valence-electron chi connectivity index (χ4n) is 2.41. The Morgan fingerprint density at radius 3 is 2.63 bits per heavy atom. The van der Waals surface area contributed by atoms with Crippen molar-refractivity contribution in [3.05, 3.63) is 29.3 Å². The van der Waals surface area contributed by atoms with Crippen molar-refractivity contribution >= 4 is 22.6 Å². The predicted molar refractivity (Wildman–Crippen MR) is 78.2 cm³/mol. The number of benzene rings is 1. The SMILES string of the molecule is CCC(C)C(C)n1c(CCl)nc2cc(F)c(C)cc21. The molecular weight excluding hydrogens is 263 g/mol. The van der Waals surface area contributed by atoms with Crippen molar-refractivity contribution in [1.82, 2.24) is 9.55 Å². The second kappa shape index (κ2) is 5.49. The molecule has 0 radical (unpaired) electrons. The molecule has 2 nitrogen and oxygen atoms in total. The first-order valence-electron chi connectivity index (χ1n) is 6.72. The van der Waals surface area contributed by atoms with E-state index < -0.39 is 0 Å². The Bertz CT molecular complexity index is 591. The first-order valence-corrected chi connectivity index (χ1v) is 7.26. The second-order valence-electron chi connectivity index (χ2n) is 5.25. The van der Waals surface area contributed by atoms with E-state index in [1.54, 1.807) is 6.92 Å². The predicted octanol–water partition coefficient (Wildman–Crippen LogP) is 4.83. The van der Waals surface area contributed by atoms with Crippen LogP contribution in [0.2, 0.25) is 0 Å². The maximum Gasteiger partial charge on any atom is 0.128 e. The molecule has 0 aliphatic heterocycles. The molecule has 104 valence electrons. The lowest BCUT2D eigenvalue weighted by Gasteiger charge is -2.22. The van der Waals surface area contributed by atoms with E-state index in [1.165, 1.54) is 6.07 Å². The minimum absolute atomic E-state index is 0.213. The maximum atomic E-state index is 13.6. The number of hydrogen-bond acceptors (Lipinski definition) is 1. The minimum Gasteiger partial charge on any atom is -0.324 e. The van der Waals surface area contributed by atoms with Crippen molar-refractivity contribution in [3.63, 3.8) is 0 Å². The third-order valence-electron chi connectivity index (χ3n) is 4.04.